The summed E-state index contributed by atoms with van der Waals surface area (Å²) < 4.78 is 18.2. The Labute approximate surface area is 167 Å². The molecule has 2 heterocycles. The van der Waals surface area contributed by atoms with Crippen molar-refractivity contribution in [1.82, 2.24) is 14.8 Å². The van der Waals surface area contributed by atoms with E-state index in [1.807, 2.05) is 36.4 Å². The summed E-state index contributed by atoms with van der Waals surface area (Å²) in [6.45, 7) is 0. The van der Waals surface area contributed by atoms with Crippen LogP contribution in [0.25, 0.3) is 5.70 Å². The van der Waals surface area contributed by atoms with Gasteiger partial charge in [-0.15, -0.1) is 0 Å². The van der Waals surface area contributed by atoms with Gasteiger partial charge in [-0.1, -0.05) is 23.7 Å². The fourth-order valence-electron chi connectivity index (χ4n) is 3.24. The van der Waals surface area contributed by atoms with Crippen molar-refractivity contribution >= 4 is 23.2 Å². The van der Waals surface area contributed by atoms with Crippen molar-refractivity contribution < 1.29 is 14.2 Å². The molecule has 1 aliphatic heterocycles. The van der Waals surface area contributed by atoms with Crippen LogP contribution < -0.4 is 19.5 Å². The third kappa shape index (κ3) is 3.14. The molecular weight excluding hydrogens is 380 g/mol. The molecule has 1 atom stereocenters. The highest BCUT2D eigenvalue weighted by Gasteiger charge is 2.26. The second-order valence-electron chi connectivity index (χ2n) is 6.14. The van der Waals surface area contributed by atoms with E-state index in [4.69, 9.17) is 25.8 Å². The number of ether oxygens (including phenoxy) is 3. The maximum absolute atomic E-state index is 6.03. The first-order valence-electron chi connectivity index (χ1n) is 8.58. The normalized spacial score (nSPS) is 15.3. The van der Waals surface area contributed by atoms with E-state index in [1.54, 1.807) is 26.0 Å². The summed E-state index contributed by atoms with van der Waals surface area (Å²) in [7, 11) is 4.78. The van der Waals surface area contributed by atoms with Crippen molar-refractivity contribution in [3.8, 4) is 17.2 Å². The Kier molecular flexibility index (Phi) is 4.83. The summed E-state index contributed by atoms with van der Waals surface area (Å²) >= 11 is 6.03. The van der Waals surface area contributed by atoms with Gasteiger partial charge >= 0.3 is 0 Å². The maximum Gasteiger partial charge on any atom is 0.226 e. The molecule has 0 spiro atoms. The minimum Gasteiger partial charge on any atom is -0.493 e. The number of anilines is 1. The van der Waals surface area contributed by atoms with Gasteiger partial charge in [0, 0.05) is 10.7 Å². The van der Waals surface area contributed by atoms with E-state index in [0.717, 1.165) is 16.8 Å². The first kappa shape index (κ1) is 18.2. The van der Waals surface area contributed by atoms with Crippen molar-refractivity contribution in [3.05, 3.63) is 65.0 Å². The minimum absolute atomic E-state index is 0.210. The van der Waals surface area contributed by atoms with E-state index in [-0.39, 0.29) is 6.04 Å². The van der Waals surface area contributed by atoms with Crippen molar-refractivity contribution in [2.45, 2.75) is 6.04 Å². The van der Waals surface area contributed by atoms with Crippen LogP contribution >= 0.6 is 11.6 Å². The fraction of sp³-hybridized carbons (Fsp3) is 0.200. The summed E-state index contributed by atoms with van der Waals surface area (Å²) in [5.74, 6) is 2.35. The number of benzene rings is 2. The maximum atomic E-state index is 6.03. The number of aromatic nitrogens is 3. The fourth-order valence-corrected chi connectivity index (χ4v) is 3.37. The molecule has 1 aliphatic rings. The van der Waals surface area contributed by atoms with E-state index in [0.29, 0.717) is 28.2 Å². The lowest BCUT2D eigenvalue weighted by Gasteiger charge is -2.25. The van der Waals surface area contributed by atoms with Crippen LogP contribution in [0, 0.1) is 0 Å². The molecule has 0 aliphatic carbocycles. The zero-order valence-corrected chi connectivity index (χ0v) is 16.4. The Morgan fingerprint density at radius 3 is 2.29 bits per heavy atom. The topological polar surface area (TPSA) is 70.4 Å². The highest BCUT2D eigenvalue weighted by atomic mass is 35.5. The standard InChI is InChI=1S/C20H19ClN4O3/c1-26-17-8-13(9-18(27-2)19(17)28-3)16-10-15(12-4-6-14(21)7-5-12)24-20-22-11-23-25(16)20/h4-11,16H,1-3H3,(H,22,23,24)/t16-/m1/s1. The summed E-state index contributed by atoms with van der Waals surface area (Å²) in [6, 6.07) is 11.2. The van der Waals surface area contributed by atoms with E-state index >= 15 is 0 Å². The van der Waals surface area contributed by atoms with Gasteiger partial charge < -0.3 is 19.5 Å². The molecule has 4 rings (SSSR count). The molecule has 0 amide bonds. The average molecular weight is 399 g/mol. The van der Waals surface area contributed by atoms with Crippen LogP contribution in [-0.2, 0) is 0 Å². The highest BCUT2D eigenvalue weighted by molar-refractivity contribution is 6.30. The van der Waals surface area contributed by atoms with E-state index in [1.165, 1.54) is 6.33 Å². The Hall–Kier alpha value is -3.19. The zero-order valence-electron chi connectivity index (χ0n) is 15.6. The van der Waals surface area contributed by atoms with Crippen LogP contribution in [0.15, 0.2) is 48.8 Å². The van der Waals surface area contributed by atoms with E-state index in [2.05, 4.69) is 21.5 Å². The first-order chi connectivity index (χ1) is 13.6. The number of nitrogens with one attached hydrogen (secondary N) is 1. The Morgan fingerprint density at radius 2 is 1.68 bits per heavy atom. The van der Waals surface area contributed by atoms with Gasteiger partial charge in [0.25, 0.3) is 0 Å². The number of halogens is 1. The highest BCUT2D eigenvalue weighted by Crippen LogP contribution is 2.42. The SMILES string of the molecule is COc1cc([C@H]2C=C(c3ccc(Cl)cc3)Nc3ncnn32)cc(OC)c1OC. The molecule has 28 heavy (non-hydrogen) atoms. The Morgan fingerprint density at radius 1 is 1.00 bits per heavy atom. The van der Waals surface area contributed by atoms with Crippen LogP contribution in [0.2, 0.25) is 5.02 Å². The third-order valence-electron chi connectivity index (χ3n) is 4.59. The lowest BCUT2D eigenvalue weighted by Crippen LogP contribution is -2.20. The molecular formula is C20H19ClN4O3. The van der Waals surface area contributed by atoms with Crippen LogP contribution in [0.5, 0.6) is 17.2 Å². The van der Waals surface area contributed by atoms with E-state index < -0.39 is 0 Å². The number of nitrogens with zero attached hydrogens (tertiary/aromatic N) is 3. The summed E-state index contributed by atoms with van der Waals surface area (Å²) in [5, 5.41) is 8.37. The number of fused-ring (bicyclic) bond motifs is 1. The van der Waals surface area contributed by atoms with Gasteiger partial charge in [0.15, 0.2) is 11.5 Å². The smallest absolute Gasteiger partial charge is 0.226 e. The van der Waals surface area contributed by atoms with Crippen molar-refractivity contribution in [2.24, 2.45) is 0 Å². The van der Waals surface area contributed by atoms with Crippen molar-refractivity contribution in [3.63, 3.8) is 0 Å². The zero-order chi connectivity index (χ0) is 19.7. The summed E-state index contributed by atoms with van der Waals surface area (Å²) in [6.07, 6.45) is 3.59. The molecule has 1 aromatic heterocycles. The van der Waals surface area contributed by atoms with Crippen LogP contribution in [0.4, 0.5) is 5.95 Å². The van der Waals surface area contributed by atoms with E-state index in [9.17, 15) is 0 Å². The average Bonchev–Trinajstić information content (AvgIpc) is 3.21. The Balaban J connectivity index is 1.84. The largest absolute Gasteiger partial charge is 0.493 e. The second-order valence-corrected chi connectivity index (χ2v) is 6.58. The predicted molar refractivity (Wildman–Crippen MR) is 107 cm³/mol. The number of methoxy groups -OCH3 is 3. The van der Waals surface area contributed by atoms with Gasteiger partial charge in [0.1, 0.15) is 12.4 Å². The van der Waals surface area contributed by atoms with Gasteiger partial charge in [-0.2, -0.15) is 10.1 Å². The summed E-state index contributed by atoms with van der Waals surface area (Å²) in [4.78, 5) is 4.33. The quantitative estimate of drug-likeness (QED) is 0.700. The van der Waals surface area contributed by atoms with Crippen LogP contribution in [0.3, 0.4) is 0 Å². The summed E-state index contributed by atoms with van der Waals surface area (Å²) in [5.41, 5.74) is 2.83. The molecule has 0 unspecified atom stereocenters. The molecule has 0 fully saturated rings. The van der Waals surface area contributed by atoms with Crippen LogP contribution in [-0.4, -0.2) is 36.1 Å². The molecule has 7 nitrogen and oxygen atoms in total. The second kappa shape index (κ2) is 7.44. The molecule has 144 valence electrons. The molecule has 8 heteroatoms. The third-order valence-corrected chi connectivity index (χ3v) is 4.84. The molecule has 0 radical (unpaired) electrons. The molecule has 0 saturated heterocycles. The van der Waals surface area contributed by atoms with Crippen molar-refractivity contribution in [1.29, 1.82) is 0 Å². The van der Waals surface area contributed by atoms with Gasteiger partial charge in [-0.05, 0) is 41.5 Å². The minimum atomic E-state index is -0.210. The monoisotopic (exact) mass is 398 g/mol. The molecule has 2 aromatic carbocycles. The number of hydrogen-bond donors (Lipinski definition) is 1. The molecule has 3 aromatic rings. The number of allylic oxidation sites excluding steroid dienone is 1. The Bertz CT molecular complexity index is 1010. The van der Waals surface area contributed by atoms with Gasteiger partial charge in [-0.3, -0.25) is 0 Å². The number of hydrogen-bond acceptors (Lipinski definition) is 6. The predicted octanol–water partition coefficient (Wildman–Crippen LogP) is 4.01. The van der Waals surface area contributed by atoms with Gasteiger partial charge in [0.05, 0.1) is 21.3 Å². The van der Waals surface area contributed by atoms with Crippen molar-refractivity contribution in [2.75, 3.05) is 26.6 Å². The molecule has 0 bridgehead atoms. The lowest BCUT2D eigenvalue weighted by atomic mass is 10.0. The number of rotatable bonds is 5. The molecule has 1 N–H and O–H groups in total. The molecule has 0 saturated carbocycles. The van der Waals surface area contributed by atoms with Gasteiger partial charge in [-0.25, -0.2) is 4.68 Å². The lowest BCUT2D eigenvalue weighted by molar-refractivity contribution is 0.323. The van der Waals surface area contributed by atoms with Crippen LogP contribution in [0.1, 0.15) is 17.2 Å². The van der Waals surface area contributed by atoms with Gasteiger partial charge in [0.2, 0.25) is 11.7 Å². The first-order valence-corrected chi connectivity index (χ1v) is 8.96.